The lowest BCUT2D eigenvalue weighted by molar-refractivity contribution is 0.277. The highest BCUT2D eigenvalue weighted by atomic mass is 16.5. The van der Waals surface area contributed by atoms with Crippen molar-refractivity contribution in [2.24, 2.45) is 9.98 Å². The molecule has 0 saturated heterocycles. The summed E-state index contributed by atoms with van der Waals surface area (Å²) in [6.45, 7) is 12.0. The van der Waals surface area contributed by atoms with Gasteiger partial charge < -0.3 is 9.47 Å². The Kier molecular flexibility index (Phi) is 19.4. The van der Waals surface area contributed by atoms with Crippen molar-refractivity contribution in [1.82, 2.24) is 0 Å². The van der Waals surface area contributed by atoms with E-state index in [4.69, 9.17) is 9.98 Å². The second-order valence-corrected chi connectivity index (χ2v) is 10.7. The number of hydrogen-bond acceptors (Lipinski definition) is 4. The number of benzene rings is 6. The first-order valence-corrected chi connectivity index (χ1v) is 17.7. The number of aliphatic imine (C=N–C) groups is 2. The zero-order valence-corrected chi connectivity index (χ0v) is 31.8. The summed E-state index contributed by atoms with van der Waals surface area (Å²) in [6.07, 6.45) is 1.87. The summed E-state index contributed by atoms with van der Waals surface area (Å²) in [6, 6.07) is 46.7. The third-order valence-electron chi connectivity index (χ3n) is 7.33. The lowest BCUT2D eigenvalue weighted by Crippen LogP contribution is -1.99. The van der Waals surface area contributed by atoms with Crippen LogP contribution >= 0.6 is 0 Å². The summed E-state index contributed by atoms with van der Waals surface area (Å²) < 4.78 is 8.50. The van der Waals surface area contributed by atoms with Gasteiger partial charge in [-0.1, -0.05) is 151 Å². The Hall–Kier alpha value is -4.90. The predicted molar refractivity (Wildman–Crippen MR) is 220 cm³/mol. The van der Waals surface area contributed by atoms with E-state index in [1.807, 2.05) is 53.7 Å². The van der Waals surface area contributed by atoms with Crippen LogP contribution in [0.4, 0.5) is 11.4 Å². The SMILES string of the molecule is CC.CC.CC.COC.COC.c1ccc(C2=Nc3cc4ccccc4cc3C2)cc1.c1ccc(C2=Nc3cc4ccccc4cc3C2)cc1. The van der Waals surface area contributed by atoms with E-state index in [1.54, 1.807) is 28.4 Å². The lowest BCUT2D eigenvalue weighted by Gasteiger charge is -2.01. The van der Waals surface area contributed by atoms with Crippen molar-refractivity contribution in [2.45, 2.75) is 54.4 Å². The van der Waals surface area contributed by atoms with E-state index in [1.165, 1.54) is 55.2 Å². The fourth-order valence-corrected chi connectivity index (χ4v) is 5.37. The van der Waals surface area contributed by atoms with Gasteiger partial charge >= 0.3 is 0 Å². The van der Waals surface area contributed by atoms with Crippen LogP contribution in [-0.2, 0) is 22.3 Å². The van der Waals surface area contributed by atoms with Crippen LogP contribution in [0.15, 0.2) is 143 Å². The average molecular weight is 669 g/mol. The van der Waals surface area contributed by atoms with E-state index in [9.17, 15) is 0 Å². The van der Waals surface area contributed by atoms with Crippen molar-refractivity contribution in [2.75, 3.05) is 28.4 Å². The van der Waals surface area contributed by atoms with Crippen molar-refractivity contribution in [1.29, 1.82) is 0 Å². The van der Waals surface area contributed by atoms with Gasteiger partial charge in [-0.25, -0.2) is 0 Å². The number of methoxy groups -OCH3 is 2. The number of nitrogens with zero attached hydrogens (tertiary/aromatic N) is 2. The molecule has 2 heterocycles. The van der Waals surface area contributed by atoms with Crippen LogP contribution in [-0.4, -0.2) is 39.9 Å². The summed E-state index contributed by atoms with van der Waals surface area (Å²) >= 11 is 0. The highest BCUT2D eigenvalue weighted by Gasteiger charge is 2.17. The van der Waals surface area contributed by atoms with Gasteiger partial charge in [0.05, 0.1) is 22.8 Å². The van der Waals surface area contributed by atoms with Crippen LogP contribution in [0.2, 0.25) is 0 Å². The molecule has 0 N–H and O–H groups in total. The fourth-order valence-electron chi connectivity index (χ4n) is 5.37. The fraction of sp³-hybridized carbons (Fsp3) is 0.261. The third-order valence-corrected chi connectivity index (χ3v) is 7.33. The summed E-state index contributed by atoms with van der Waals surface area (Å²) in [4.78, 5) is 9.58. The maximum Gasteiger partial charge on any atom is 0.0675 e. The van der Waals surface area contributed by atoms with Gasteiger partial charge in [0.25, 0.3) is 0 Å². The highest BCUT2D eigenvalue weighted by Crippen LogP contribution is 2.34. The molecule has 8 rings (SSSR count). The topological polar surface area (TPSA) is 43.2 Å². The second-order valence-electron chi connectivity index (χ2n) is 10.7. The first-order valence-electron chi connectivity index (χ1n) is 17.7. The predicted octanol–water partition coefficient (Wildman–Crippen LogP) is 12.6. The normalized spacial score (nSPS) is 11.2. The third kappa shape index (κ3) is 11.6. The number of rotatable bonds is 2. The minimum absolute atomic E-state index is 0.935. The Morgan fingerprint density at radius 1 is 0.380 bits per heavy atom. The maximum absolute atomic E-state index is 4.79. The van der Waals surface area contributed by atoms with Crippen LogP contribution in [0.25, 0.3) is 21.5 Å². The van der Waals surface area contributed by atoms with Crippen molar-refractivity contribution in [3.8, 4) is 0 Å². The van der Waals surface area contributed by atoms with Gasteiger partial charge in [-0.3, -0.25) is 9.98 Å². The second kappa shape index (κ2) is 23.5. The zero-order chi connectivity index (χ0) is 36.7. The van der Waals surface area contributed by atoms with Gasteiger partial charge in [0.15, 0.2) is 0 Å². The zero-order valence-electron chi connectivity index (χ0n) is 31.8. The van der Waals surface area contributed by atoms with Crippen molar-refractivity contribution in [3.63, 3.8) is 0 Å². The van der Waals surface area contributed by atoms with Gasteiger partial charge in [0.1, 0.15) is 0 Å². The van der Waals surface area contributed by atoms with Crippen LogP contribution in [0, 0.1) is 0 Å². The molecular formula is C46H56N2O2. The van der Waals surface area contributed by atoms with E-state index in [0.717, 1.165) is 24.2 Å². The minimum atomic E-state index is 0.935. The number of hydrogen-bond donors (Lipinski definition) is 0. The van der Waals surface area contributed by atoms with Crippen LogP contribution < -0.4 is 0 Å². The van der Waals surface area contributed by atoms with E-state index in [0.29, 0.717) is 0 Å². The first kappa shape index (κ1) is 41.3. The van der Waals surface area contributed by atoms with Gasteiger partial charge in [-0.05, 0) is 68.1 Å². The Morgan fingerprint density at radius 2 is 0.640 bits per heavy atom. The minimum Gasteiger partial charge on any atom is -0.388 e. The summed E-state index contributed by atoms with van der Waals surface area (Å²) in [5.74, 6) is 0. The molecule has 4 nitrogen and oxygen atoms in total. The van der Waals surface area contributed by atoms with Gasteiger partial charge in [-0.15, -0.1) is 0 Å². The molecule has 0 aromatic heterocycles. The number of fused-ring (bicyclic) bond motifs is 4. The first-order chi connectivity index (χ1) is 24.6. The smallest absolute Gasteiger partial charge is 0.0675 e. The van der Waals surface area contributed by atoms with Crippen molar-refractivity contribution < 1.29 is 9.47 Å². The van der Waals surface area contributed by atoms with Crippen molar-refractivity contribution in [3.05, 3.63) is 156 Å². The highest BCUT2D eigenvalue weighted by molar-refractivity contribution is 6.08. The summed E-state index contributed by atoms with van der Waals surface area (Å²) in [5.41, 5.74) is 9.70. The Bertz CT molecular complexity index is 1750. The standard InChI is InChI=1S/2C18H13N.2C2H6O.3C2H6/c2*1-2-6-13(7-3-1)17-12-16-10-14-8-4-5-9-15(14)11-18(16)19-17;2*1-3-2;3*1-2/h2*1-11H,12H2;2*1-2H3;3*1-2H3. The molecule has 0 bridgehead atoms. The molecule has 2 aliphatic rings. The van der Waals surface area contributed by atoms with Gasteiger partial charge in [0, 0.05) is 41.3 Å². The monoisotopic (exact) mass is 668 g/mol. The van der Waals surface area contributed by atoms with E-state index in [2.05, 4.69) is 131 Å². The molecule has 0 unspecified atom stereocenters. The molecule has 0 fully saturated rings. The summed E-state index contributed by atoms with van der Waals surface area (Å²) in [5, 5.41) is 5.12. The molecular weight excluding hydrogens is 613 g/mol. The van der Waals surface area contributed by atoms with Gasteiger partial charge in [-0.2, -0.15) is 0 Å². The molecule has 0 aliphatic carbocycles. The molecule has 0 saturated carbocycles. The van der Waals surface area contributed by atoms with Crippen LogP contribution in [0.1, 0.15) is 63.8 Å². The molecule has 0 atom stereocenters. The van der Waals surface area contributed by atoms with E-state index < -0.39 is 0 Å². The molecule has 6 aromatic carbocycles. The Balaban J connectivity index is 0.000000266. The molecule has 0 amide bonds. The van der Waals surface area contributed by atoms with E-state index >= 15 is 0 Å². The summed E-state index contributed by atoms with van der Waals surface area (Å²) in [7, 11) is 6.50. The largest absolute Gasteiger partial charge is 0.388 e. The molecule has 4 heteroatoms. The lowest BCUT2D eigenvalue weighted by atomic mass is 10.0. The van der Waals surface area contributed by atoms with Crippen LogP contribution in [0.5, 0.6) is 0 Å². The maximum atomic E-state index is 4.79. The van der Waals surface area contributed by atoms with Crippen LogP contribution in [0.3, 0.4) is 0 Å². The molecule has 2 aliphatic heterocycles. The Morgan fingerprint density at radius 3 is 0.940 bits per heavy atom. The molecule has 50 heavy (non-hydrogen) atoms. The molecule has 6 aromatic rings. The van der Waals surface area contributed by atoms with Crippen molar-refractivity contribution >= 4 is 44.3 Å². The Labute approximate surface area is 301 Å². The molecule has 0 spiro atoms. The molecule has 0 radical (unpaired) electrons. The quantitative estimate of drug-likeness (QED) is 0.184. The van der Waals surface area contributed by atoms with E-state index in [-0.39, 0.29) is 0 Å². The molecule has 262 valence electrons. The number of ether oxygens (including phenoxy) is 2. The van der Waals surface area contributed by atoms with Gasteiger partial charge in [0.2, 0.25) is 0 Å². The average Bonchev–Trinajstić information content (AvgIpc) is 3.81.